The van der Waals surface area contributed by atoms with Crippen LogP contribution in [0.3, 0.4) is 0 Å². The fraction of sp³-hybridized carbons (Fsp3) is 0.529. The Labute approximate surface area is 168 Å². The van der Waals surface area contributed by atoms with Crippen molar-refractivity contribution in [2.75, 3.05) is 13.7 Å². The summed E-state index contributed by atoms with van der Waals surface area (Å²) in [5, 5.41) is 4.44. The maximum Gasteiger partial charge on any atom is 0.343 e. The lowest BCUT2D eigenvalue weighted by molar-refractivity contribution is 0.183. The molecule has 0 amide bonds. The molecule has 0 saturated heterocycles. The first-order valence-electron chi connectivity index (χ1n) is 8.94. The third-order valence-corrected chi connectivity index (χ3v) is 7.11. The van der Waals surface area contributed by atoms with Gasteiger partial charge in [-0.05, 0) is 31.7 Å². The zero-order valence-corrected chi connectivity index (χ0v) is 17.1. The van der Waals surface area contributed by atoms with Crippen LogP contribution in [0.25, 0.3) is 10.2 Å². The number of hydrogen-bond donors (Lipinski definition) is 1. The van der Waals surface area contributed by atoms with Crippen LogP contribution in [0, 0.1) is 6.92 Å². The molecule has 3 aromatic rings. The number of hydrogen-bond acceptors (Lipinski definition) is 6. The minimum Gasteiger partial charge on any atom is -0.383 e. The zero-order valence-electron chi connectivity index (χ0n) is 15.5. The first kappa shape index (κ1) is 19.2. The Hall–Kier alpha value is -2.17. The topological polar surface area (TPSA) is 104 Å². The number of H-pyrrole nitrogens is 1. The van der Waals surface area contributed by atoms with E-state index in [4.69, 9.17) is 16.3 Å². The van der Waals surface area contributed by atoms with E-state index in [1.807, 2.05) is 6.92 Å². The van der Waals surface area contributed by atoms with Crippen LogP contribution in [-0.2, 0) is 22.8 Å². The molecule has 0 atom stereocenters. The van der Waals surface area contributed by atoms with Crippen molar-refractivity contribution < 1.29 is 4.74 Å². The van der Waals surface area contributed by atoms with Gasteiger partial charge in [0.25, 0.3) is 5.56 Å². The minimum absolute atomic E-state index is 0.220. The van der Waals surface area contributed by atoms with Gasteiger partial charge in [0, 0.05) is 12.0 Å². The number of fused-ring (bicyclic) bond motifs is 1. The average Bonchev–Trinajstić information content (AvgIpc) is 3.17. The summed E-state index contributed by atoms with van der Waals surface area (Å²) in [6.07, 6.45) is 3.36. The van der Waals surface area contributed by atoms with E-state index in [2.05, 4.69) is 10.1 Å². The quantitative estimate of drug-likeness (QED) is 0.597. The van der Waals surface area contributed by atoms with Gasteiger partial charge < -0.3 is 4.74 Å². The van der Waals surface area contributed by atoms with Gasteiger partial charge in [0.2, 0.25) is 0 Å². The van der Waals surface area contributed by atoms with Crippen LogP contribution in [0.4, 0.5) is 0 Å². The van der Waals surface area contributed by atoms with Crippen molar-refractivity contribution in [3.63, 3.8) is 0 Å². The highest BCUT2D eigenvalue weighted by molar-refractivity contribution is 7.18. The smallest absolute Gasteiger partial charge is 0.343 e. The molecule has 9 nitrogen and oxygen atoms in total. The molecular formula is C17H20ClN5O4S. The number of rotatable bonds is 6. The van der Waals surface area contributed by atoms with Crippen LogP contribution in [0.1, 0.15) is 29.7 Å². The molecule has 0 aromatic carbocycles. The molecule has 3 heterocycles. The predicted octanol–water partition coefficient (Wildman–Crippen LogP) is 1.19. The third kappa shape index (κ3) is 2.87. The highest BCUT2D eigenvalue weighted by atomic mass is 35.5. The van der Waals surface area contributed by atoms with Crippen LogP contribution in [0.2, 0.25) is 0 Å². The number of methoxy groups -OCH3 is 1. The van der Waals surface area contributed by atoms with E-state index in [0.29, 0.717) is 36.2 Å². The summed E-state index contributed by atoms with van der Waals surface area (Å²) in [5.74, 6) is 0. The third-order valence-electron chi connectivity index (χ3n) is 5.26. The first-order chi connectivity index (χ1) is 13.4. The van der Waals surface area contributed by atoms with Crippen molar-refractivity contribution in [2.45, 2.75) is 44.3 Å². The number of aryl methyl sites for hydroxylation is 1. The first-order valence-corrected chi connectivity index (χ1v) is 10.1. The normalized spacial score (nSPS) is 15.8. The van der Waals surface area contributed by atoms with Gasteiger partial charge in [0.05, 0.1) is 25.1 Å². The molecule has 1 fully saturated rings. The summed E-state index contributed by atoms with van der Waals surface area (Å²) in [6, 6.07) is 0. The molecule has 0 unspecified atom stereocenters. The second-order valence-corrected chi connectivity index (χ2v) is 8.71. The van der Waals surface area contributed by atoms with E-state index in [1.165, 1.54) is 26.9 Å². The van der Waals surface area contributed by atoms with E-state index >= 15 is 0 Å². The predicted molar refractivity (Wildman–Crippen MR) is 107 cm³/mol. The number of ether oxygens (including phenoxy) is 1. The summed E-state index contributed by atoms with van der Waals surface area (Å²) in [5.41, 5.74) is -0.397. The number of nitrogens with one attached hydrogen (secondary N) is 1. The van der Waals surface area contributed by atoms with Crippen LogP contribution in [0.15, 0.2) is 20.7 Å². The Balaban J connectivity index is 1.97. The molecule has 11 heteroatoms. The highest BCUT2D eigenvalue weighted by Crippen LogP contribution is 2.41. The summed E-state index contributed by atoms with van der Waals surface area (Å²) in [7, 11) is 1.56. The van der Waals surface area contributed by atoms with E-state index in [-0.39, 0.29) is 17.8 Å². The number of halogens is 1. The van der Waals surface area contributed by atoms with Gasteiger partial charge >= 0.3 is 11.4 Å². The lowest BCUT2D eigenvalue weighted by atomic mass is 9.91. The molecular weight excluding hydrogens is 406 g/mol. The maximum atomic E-state index is 13.3. The van der Waals surface area contributed by atoms with Gasteiger partial charge in [-0.2, -0.15) is 5.10 Å². The molecule has 0 aliphatic heterocycles. The molecule has 4 rings (SSSR count). The van der Waals surface area contributed by atoms with Gasteiger partial charge in [-0.15, -0.1) is 11.3 Å². The Morgan fingerprint density at radius 3 is 2.68 bits per heavy atom. The summed E-state index contributed by atoms with van der Waals surface area (Å²) < 4.78 is 9.18. The molecule has 28 heavy (non-hydrogen) atoms. The average molecular weight is 426 g/mol. The standard InChI is InChI=1S/C17H20ClN5O4S/c1-10-11(8-22-15(25)19-9-20-22)28-14-12(10)13(24)23(17(18)4-3-5-17)16(26)21(14)6-7-27-2/h9H,3-8H2,1-2H3,(H,19,20,25). The Bertz CT molecular complexity index is 1210. The van der Waals surface area contributed by atoms with Gasteiger partial charge in [0.15, 0.2) is 0 Å². The van der Waals surface area contributed by atoms with Gasteiger partial charge in [-0.25, -0.2) is 18.8 Å². The Morgan fingerprint density at radius 2 is 2.11 bits per heavy atom. The van der Waals surface area contributed by atoms with Crippen molar-refractivity contribution in [1.29, 1.82) is 0 Å². The van der Waals surface area contributed by atoms with Gasteiger partial charge in [-0.1, -0.05) is 11.6 Å². The van der Waals surface area contributed by atoms with Crippen molar-refractivity contribution >= 4 is 33.2 Å². The van der Waals surface area contributed by atoms with Gasteiger partial charge in [-0.3, -0.25) is 14.3 Å². The molecule has 1 N–H and O–H groups in total. The molecule has 3 aromatic heterocycles. The Kier molecular flexibility index (Phi) is 4.80. The fourth-order valence-electron chi connectivity index (χ4n) is 3.50. The SMILES string of the molecule is COCCn1c(=O)n(C2(Cl)CCC2)c(=O)c2c(C)c(Cn3nc[nH]c3=O)sc21. The molecule has 1 aliphatic rings. The van der Waals surface area contributed by atoms with Crippen LogP contribution < -0.4 is 16.9 Å². The highest BCUT2D eigenvalue weighted by Gasteiger charge is 2.40. The summed E-state index contributed by atoms with van der Waals surface area (Å²) >= 11 is 7.93. The van der Waals surface area contributed by atoms with Crippen molar-refractivity contribution in [2.24, 2.45) is 0 Å². The van der Waals surface area contributed by atoms with E-state index in [0.717, 1.165) is 16.9 Å². The second kappa shape index (κ2) is 7.02. The van der Waals surface area contributed by atoms with Crippen LogP contribution in [0.5, 0.6) is 0 Å². The second-order valence-electron chi connectivity index (χ2n) is 6.92. The number of aromatic amines is 1. The molecule has 150 valence electrons. The van der Waals surface area contributed by atoms with Crippen LogP contribution >= 0.6 is 22.9 Å². The number of aromatic nitrogens is 5. The summed E-state index contributed by atoms with van der Waals surface area (Å²) in [4.78, 5) is 41.1. The van der Waals surface area contributed by atoms with Crippen molar-refractivity contribution in [3.8, 4) is 0 Å². The zero-order chi connectivity index (χ0) is 20.1. The molecule has 0 radical (unpaired) electrons. The molecule has 1 saturated carbocycles. The van der Waals surface area contributed by atoms with E-state index < -0.39 is 10.7 Å². The minimum atomic E-state index is -0.967. The summed E-state index contributed by atoms with van der Waals surface area (Å²) in [6.45, 7) is 2.68. The number of nitrogens with zero attached hydrogens (tertiary/aromatic N) is 4. The van der Waals surface area contributed by atoms with Crippen molar-refractivity contribution in [1.82, 2.24) is 23.9 Å². The maximum absolute atomic E-state index is 13.3. The lowest BCUT2D eigenvalue weighted by Crippen LogP contribution is -2.52. The molecule has 0 bridgehead atoms. The largest absolute Gasteiger partial charge is 0.383 e. The van der Waals surface area contributed by atoms with E-state index in [9.17, 15) is 14.4 Å². The molecule has 0 spiro atoms. The Morgan fingerprint density at radius 1 is 1.36 bits per heavy atom. The number of thiophene rings is 1. The fourth-order valence-corrected chi connectivity index (χ4v) is 5.21. The van der Waals surface area contributed by atoms with Gasteiger partial charge in [0.1, 0.15) is 16.2 Å². The molecule has 1 aliphatic carbocycles. The monoisotopic (exact) mass is 425 g/mol. The van der Waals surface area contributed by atoms with E-state index in [1.54, 1.807) is 11.7 Å². The van der Waals surface area contributed by atoms with Crippen molar-refractivity contribution in [3.05, 3.63) is 48.1 Å². The van der Waals surface area contributed by atoms with Crippen LogP contribution in [-0.4, -0.2) is 37.6 Å². The lowest BCUT2D eigenvalue weighted by Gasteiger charge is -2.36. The number of alkyl halides is 1.